The van der Waals surface area contributed by atoms with Crippen LogP contribution in [-0.2, 0) is 16.6 Å². The number of carbonyl (C=O) groups is 1. The first-order valence-corrected chi connectivity index (χ1v) is 13.2. The number of benzene rings is 3. The molecule has 0 aliphatic carbocycles. The highest BCUT2D eigenvalue weighted by molar-refractivity contribution is 7.92. The zero-order chi connectivity index (χ0) is 24.7. The molecule has 7 heteroatoms. The molecule has 0 radical (unpaired) electrons. The summed E-state index contributed by atoms with van der Waals surface area (Å²) < 4.78 is 32.1. The van der Waals surface area contributed by atoms with Crippen molar-refractivity contribution in [3.8, 4) is 5.75 Å². The van der Waals surface area contributed by atoms with Gasteiger partial charge in [-0.3, -0.25) is 9.10 Å². The Morgan fingerprint density at radius 3 is 2.21 bits per heavy atom. The fourth-order valence-corrected chi connectivity index (χ4v) is 4.60. The Balaban J connectivity index is 1.77. The molecule has 0 aliphatic rings. The number of nitrogens with one attached hydrogen (secondary N) is 1. The lowest BCUT2D eigenvalue weighted by atomic mass is 10.0. The highest BCUT2D eigenvalue weighted by atomic mass is 32.2. The van der Waals surface area contributed by atoms with Crippen molar-refractivity contribution in [1.82, 2.24) is 5.32 Å². The van der Waals surface area contributed by atoms with Crippen LogP contribution in [0.5, 0.6) is 5.75 Å². The Bertz CT molecular complexity index is 1210. The van der Waals surface area contributed by atoms with Crippen LogP contribution < -0.4 is 14.4 Å². The van der Waals surface area contributed by atoms with E-state index in [4.69, 9.17) is 4.74 Å². The second kappa shape index (κ2) is 11.2. The molecule has 0 fully saturated rings. The minimum Gasteiger partial charge on any atom is -0.492 e. The van der Waals surface area contributed by atoms with E-state index in [-0.39, 0.29) is 18.5 Å². The monoisotopic (exact) mass is 480 g/mol. The van der Waals surface area contributed by atoms with E-state index in [1.54, 1.807) is 42.5 Å². The van der Waals surface area contributed by atoms with Crippen LogP contribution in [0.3, 0.4) is 0 Å². The molecule has 0 saturated carbocycles. The number of aryl methyl sites for hydroxylation is 1. The molecule has 34 heavy (non-hydrogen) atoms. The molecule has 3 rings (SSSR count). The molecule has 6 nitrogen and oxygen atoms in total. The fraction of sp³-hybridized carbons (Fsp3) is 0.296. The third-order valence-corrected chi connectivity index (χ3v) is 6.70. The number of hydrogen-bond donors (Lipinski definition) is 1. The van der Waals surface area contributed by atoms with Gasteiger partial charge in [0.05, 0.1) is 31.1 Å². The van der Waals surface area contributed by atoms with Crippen LogP contribution in [0, 0.1) is 6.92 Å². The SMILES string of the molecule is CCOc1ccccc1N(Cc1ccc(C(=O)NC(CC)c2ccc(C)cc2)cc1)S(C)(=O)=O. The summed E-state index contributed by atoms with van der Waals surface area (Å²) in [6.45, 7) is 6.48. The van der Waals surface area contributed by atoms with E-state index in [9.17, 15) is 13.2 Å². The number of hydrogen-bond acceptors (Lipinski definition) is 4. The van der Waals surface area contributed by atoms with Gasteiger partial charge in [0.2, 0.25) is 10.0 Å². The van der Waals surface area contributed by atoms with Crippen molar-refractivity contribution in [3.05, 3.63) is 95.1 Å². The van der Waals surface area contributed by atoms with Gasteiger partial charge in [0.25, 0.3) is 5.91 Å². The molecule has 1 atom stereocenters. The number of sulfonamides is 1. The molecule has 3 aromatic rings. The van der Waals surface area contributed by atoms with Gasteiger partial charge in [-0.05, 0) is 55.7 Å². The lowest BCUT2D eigenvalue weighted by Gasteiger charge is -2.25. The van der Waals surface area contributed by atoms with Crippen LogP contribution >= 0.6 is 0 Å². The van der Waals surface area contributed by atoms with E-state index >= 15 is 0 Å². The first-order valence-electron chi connectivity index (χ1n) is 11.4. The summed E-state index contributed by atoms with van der Waals surface area (Å²) >= 11 is 0. The summed E-state index contributed by atoms with van der Waals surface area (Å²) in [6.07, 6.45) is 1.95. The largest absolute Gasteiger partial charge is 0.492 e. The van der Waals surface area contributed by atoms with Crippen molar-refractivity contribution in [2.24, 2.45) is 0 Å². The Labute approximate surface area is 202 Å². The maximum atomic E-state index is 12.9. The lowest BCUT2D eigenvalue weighted by molar-refractivity contribution is 0.0935. The minimum atomic E-state index is -3.56. The van der Waals surface area contributed by atoms with Gasteiger partial charge in [0.1, 0.15) is 5.75 Å². The number of para-hydroxylation sites is 2. The normalized spacial score (nSPS) is 12.1. The average molecular weight is 481 g/mol. The van der Waals surface area contributed by atoms with Crippen LogP contribution in [0.2, 0.25) is 0 Å². The van der Waals surface area contributed by atoms with Gasteiger partial charge in [0.15, 0.2) is 0 Å². The summed E-state index contributed by atoms with van der Waals surface area (Å²) in [7, 11) is -3.56. The first-order chi connectivity index (χ1) is 16.2. The molecule has 0 spiro atoms. The first kappa shape index (κ1) is 25.3. The molecule has 0 bridgehead atoms. The molecular formula is C27H32N2O4S. The van der Waals surface area contributed by atoms with Crippen LogP contribution in [0.15, 0.2) is 72.8 Å². The topological polar surface area (TPSA) is 75.7 Å². The van der Waals surface area contributed by atoms with E-state index in [0.29, 0.717) is 23.6 Å². The van der Waals surface area contributed by atoms with Crippen molar-refractivity contribution in [2.45, 2.75) is 39.8 Å². The van der Waals surface area contributed by atoms with Crippen molar-refractivity contribution in [2.75, 3.05) is 17.2 Å². The molecular weight excluding hydrogens is 448 g/mol. The molecule has 0 aromatic heterocycles. The Morgan fingerprint density at radius 1 is 0.971 bits per heavy atom. The van der Waals surface area contributed by atoms with Gasteiger partial charge in [0, 0.05) is 5.56 Å². The van der Waals surface area contributed by atoms with Crippen molar-refractivity contribution in [1.29, 1.82) is 0 Å². The standard InChI is InChI=1S/C27H32N2O4S/c1-5-24(22-15-11-20(3)12-16-22)28-27(30)23-17-13-21(14-18-23)19-29(34(4,31)32)25-9-7-8-10-26(25)33-6-2/h7-18,24H,5-6,19H2,1-4H3,(H,28,30). The van der Waals surface area contributed by atoms with E-state index in [1.807, 2.05) is 51.1 Å². The maximum absolute atomic E-state index is 12.9. The molecule has 1 amide bonds. The Hall–Kier alpha value is -3.32. The highest BCUT2D eigenvalue weighted by Crippen LogP contribution is 2.31. The van der Waals surface area contributed by atoms with Crippen LogP contribution in [0.4, 0.5) is 5.69 Å². The third kappa shape index (κ3) is 6.38. The van der Waals surface area contributed by atoms with E-state index in [0.717, 1.165) is 17.5 Å². The fourth-order valence-electron chi connectivity index (χ4n) is 3.71. The molecule has 0 aliphatic heterocycles. The highest BCUT2D eigenvalue weighted by Gasteiger charge is 2.22. The Kier molecular flexibility index (Phi) is 8.34. The van der Waals surface area contributed by atoms with Gasteiger partial charge in [-0.2, -0.15) is 0 Å². The number of anilines is 1. The summed E-state index contributed by atoms with van der Waals surface area (Å²) in [5.41, 5.74) is 4.01. The van der Waals surface area contributed by atoms with Crippen LogP contribution in [-0.4, -0.2) is 27.2 Å². The summed E-state index contributed by atoms with van der Waals surface area (Å²) in [4.78, 5) is 12.9. The average Bonchev–Trinajstić information content (AvgIpc) is 2.82. The summed E-state index contributed by atoms with van der Waals surface area (Å²) in [5, 5.41) is 3.09. The minimum absolute atomic E-state index is 0.0800. The van der Waals surface area contributed by atoms with Gasteiger partial charge in [-0.25, -0.2) is 8.42 Å². The van der Waals surface area contributed by atoms with Crippen molar-refractivity contribution in [3.63, 3.8) is 0 Å². The predicted molar refractivity (Wildman–Crippen MR) is 137 cm³/mol. The maximum Gasteiger partial charge on any atom is 0.251 e. The van der Waals surface area contributed by atoms with Crippen LogP contribution in [0.25, 0.3) is 0 Å². The van der Waals surface area contributed by atoms with Gasteiger partial charge < -0.3 is 10.1 Å². The number of amides is 1. The zero-order valence-electron chi connectivity index (χ0n) is 20.1. The second-order valence-electron chi connectivity index (χ2n) is 8.21. The van der Waals surface area contributed by atoms with E-state index in [1.165, 1.54) is 16.1 Å². The second-order valence-corrected chi connectivity index (χ2v) is 10.1. The lowest BCUT2D eigenvalue weighted by Crippen LogP contribution is -2.30. The van der Waals surface area contributed by atoms with Gasteiger partial charge in [-0.15, -0.1) is 0 Å². The van der Waals surface area contributed by atoms with Crippen LogP contribution in [0.1, 0.15) is 53.4 Å². The predicted octanol–water partition coefficient (Wildman–Crippen LogP) is 5.24. The zero-order valence-corrected chi connectivity index (χ0v) is 20.9. The molecule has 3 aromatic carbocycles. The Morgan fingerprint density at radius 2 is 1.62 bits per heavy atom. The number of rotatable bonds is 10. The quantitative estimate of drug-likeness (QED) is 0.431. The van der Waals surface area contributed by atoms with Gasteiger partial charge in [-0.1, -0.05) is 61.0 Å². The number of ether oxygens (including phenoxy) is 1. The summed E-state index contributed by atoms with van der Waals surface area (Å²) in [6, 6.07) is 22.1. The van der Waals surface area contributed by atoms with Gasteiger partial charge >= 0.3 is 0 Å². The number of nitrogens with zero attached hydrogens (tertiary/aromatic N) is 1. The van der Waals surface area contributed by atoms with Crippen molar-refractivity contribution < 1.29 is 17.9 Å². The molecule has 180 valence electrons. The molecule has 1 N–H and O–H groups in total. The molecule has 0 saturated heterocycles. The third-order valence-electron chi connectivity index (χ3n) is 5.57. The van der Waals surface area contributed by atoms with E-state index < -0.39 is 10.0 Å². The number of carbonyl (C=O) groups excluding carboxylic acids is 1. The van der Waals surface area contributed by atoms with Crippen molar-refractivity contribution >= 4 is 21.6 Å². The summed E-state index contributed by atoms with van der Waals surface area (Å²) in [5.74, 6) is 0.341. The molecule has 1 unspecified atom stereocenters. The van der Waals surface area contributed by atoms with E-state index in [2.05, 4.69) is 5.32 Å². The molecule has 0 heterocycles. The smallest absolute Gasteiger partial charge is 0.251 e.